The highest BCUT2D eigenvalue weighted by Gasteiger charge is 2.24. The van der Waals surface area contributed by atoms with Gasteiger partial charge in [0.05, 0.1) is 13.2 Å². The third kappa shape index (κ3) is 3.85. The second-order valence-corrected chi connectivity index (χ2v) is 5.05. The van der Waals surface area contributed by atoms with Gasteiger partial charge in [-0.15, -0.1) is 0 Å². The Hall–Kier alpha value is -1.36. The molecule has 0 aromatic heterocycles. The van der Waals surface area contributed by atoms with E-state index in [1.54, 1.807) is 20.8 Å². The fourth-order valence-corrected chi connectivity index (χ4v) is 1.33. The maximum absolute atomic E-state index is 11.8. The lowest BCUT2D eigenvalue weighted by Gasteiger charge is -2.26. The molecule has 1 fully saturated rings. The molecule has 1 heterocycles. The second kappa shape index (κ2) is 5.31. The van der Waals surface area contributed by atoms with Crippen LogP contribution in [-0.4, -0.2) is 48.0 Å². The van der Waals surface area contributed by atoms with Gasteiger partial charge >= 0.3 is 0 Å². The Morgan fingerprint density at radius 2 is 1.76 bits per heavy atom. The number of carbonyl (C=O) groups excluding carboxylic acids is 2. The van der Waals surface area contributed by atoms with Crippen LogP contribution < -0.4 is 0 Å². The molecule has 1 aliphatic rings. The summed E-state index contributed by atoms with van der Waals surface area (Å²) in [4.78, 5) is 24.9. The van der Waals surface area contributed by atoms with Crippen LogP contribution in [0.4, 0.5) is 0 Å². The molecule has 0 spiro atoms. The summed E-state index contributed by atoms with van der Waals surface area (Å²) in [6.07, 6.45) is 1.01. The summed E-state index contributed by atoms with van der Waals surface area (Å²) in [6.45, 7) is 7.02. The van der Waals surface area contributed by atoms with Crippen LogP contribution >= 0.6 is 0 Å². The van der Waals surface area contributed by atoms with Crippen LogP contribution in [0.2, 0.25) is 0 Å². The van der Waals surface area contributed by atoms with E-state index in [0.29, 0.717) is 26.3 Å². The summed E-state index contributed by atoms with van der Waals surface area (Å²) in [7, 11) is 0. The maximum Gasteiger partial charge on any atom is 0.288 e. The minimum atomic E-state index is -0.598. The van der Waals surface area contributed by atoms with Crippen LogP contribution in [0.1, 0.15) is 20.8 Å². The monoisotopic (exact) mass is 241 g/mol. The number of nitrogens with zero attached hydrogens (tertiary/aromatic N) is 1. The summed E-state index contributed by atoms with van der Waals surface area (Å²) >= 11 is 0. The number of rotatable bonds is 2. The number of aliphatic hydroxyl groups excluding tert-OH is 1. The molecule has 0 aliphatic carbocycles. The predicted molar refractivity (Wildman–Crippen MR) is 62.6 cm³/mol. The molecular formula is C12H19NO4. The molecule has 0 saturated carbocycles. The Kier molecular flexibility index (Phi) is 4.28. The van der Waals surface area contributed by atoms with Crippen molar-refractivity contribution in [2.24, 2.45) is 5.41 Å². The van der Waals surface area contributed by atoms with E-state index in [1.165, 1.54) is 4.90 Å². The molecule has 0 aromatic rings. The van der Waals surface area contributed by atoms with Gasteiger partial charge in [0.1, 0.15) is 0 Å². The van der Waals surface area contributed by atoms with Crippen molar-refractivity contribution in [2.75, 3.05) is 26.3 Å². The van der Waals surface area contributed by atoms with Gasteiger partial charge < -0.3 is 14.7 Å². The molecule has 96 valence electrons. The van der Waals surface area contributed by atoms with Crippen molar-refractivity contribution in [3.63, 3.8) is 0 Å². The average Bonchev–Trinajstić information content (AvgIpc) is 2.27. The normalized spacial score (nSPS) is 18.1. The summed E-state index contributed by atoms with van der Waals surface area (Å²) in [6, 6.07) is 0. The first kappa shape index (κ1) is 13.7. The van der Waals surface area contributed by atoms with Crippen molar-refractivity contribution >= 4 is 11.7 Å². The topological polar surface area (TPSA) is 66.8 Å². The summed E-state index contributed by atoms with van der Waals surface area (Å²) in [5, 5.41) is 9.61. The highest BCUT2D eigenvalue weighted by atomic mass is 16.5. The first-order valence-corrected chi connectivity index (χ1v) is 5.64. The van der Waals surface area contributed by atoms with Crippen LogP contribution in [-0.2, 0) is 14.3 Å². The number of aliphatic hydroxyl groups is 1. The number of ketones is 1. The summed E-state index contributed by atoms with van der Waals surface area (Å²) in [5.41, 5.74) is -0.598. The fraction of sp³-hybridized carbons (Fsp3) is 0.667. The Labute approximate surface area is 101 Å². The first-order valence-electron chi connectivity index (χ1n) is 5.64. The minimum Gasteiger partial charge on any atom is -0.503 e. The van der Waals surface area contributed by atoms with Crippen LogP contribution in [0.5, 0.6) is 0 Å². The highest BCUT2D eigenvalue weighted by molar-refractivity contribution is 6.02. The van der Waals surface area contributed by atoms with E-state index < -0.39 is 17.1 Å². The van der Waals surface area contributed by atoms with Crippen LogP contribution in [0.25, 0.3) is 0 Å². The standard InChI is InChI=1S/C12H19NO4/c1-12(2,3)10(15)8-9(14)11(16)13-4-6-17-7-5-13/h8,14H,4-7H2,1-3H3/b9-8+. The average molecular weight is 241 g/mol. The molecule has 5 nitrogen and oxygen atoms in total. The molecule has 1 amide bonds. The van der Waals surface area contributed by atoms with Gasteiger partial charge in [0, 0.05) is 24.6 Å². The van der Waals surface area contributed by atoms with Gasteiger partial charge in [-0.05, 0) is 0 Å². The molecular weight excluding hydrogens is 222 g/mol. The van der Waals surface area contributed by atoms with E-state index in [0.717, 1.165) is 6.08 Å². The largest absolute Gasteiger partial charge is 0.503 e. The zero-order valence-electron chi connectivity index (χ0n) is 10.5. The molecule has 0 atom stereocenters. The van der Waals surface area contributed by atoms with Crippen LogP contribution in [0.3, 0.4) is 0 Å². The Balaban J connectivity index is 2.68. The molecule has 1 rings (SSSR count). The minimum absolute atomic E-state index is 0.267. The van der Waals surface area contributed by atoms with Crippen LogP contribution in [0, 0.1) is 5.41 Å². The van der Waals surface area contributed by atoms with Crippen molar-refractivity contribution < 1.29 is 19.4 Å². The van der Waals surface area contributed by atoms with E-state index >= 15 is 0 Å². The van der Waals surface area contributed by atoms with E-state index in [-0.39, 0.29) is 5.78 Å². The van der Waals surface area contributed by atoms with E-state index in [2.05, 4.69) is 0 Å². The van der Waals surface area contributed by atoms with Crippen molar-refractivity contribution in [3.8, 4) is 0 Å². The number of amides is 1. The lowest BCUT2D eigenvalue weighted by atomic mass is 9.90. The van der Waals surface area contributed by atoms with Crippen LogP contribution in [0.15, 0.2) is 11.8 Å². The number of morpholine rings is 1. The number of ether oxygens (including phenoxy) is 1. The zero-order valence-corrected chi connectivity index (χ0v) is 10.5. The Bertz CT molecular complexity index is 335. The van der Waals surface area contributed by atoms with E-state index in [4.69, 9.17) is 4.74 Å². The van der Waals surface area contributed by atoms with Crippen molar-refractivity contribution in [3.05, 3.63) is 11.8 Å². The second-order valence-electron chi connectivity index (χ2n) is 5.05. The van der Waals surface area contributed by atoms with E-state index in [1.807, 2.05) is 0 Å². The molecule has 0 unspecified atom stereocenters. The molecule has 0 radical (unpaired) electrons. The molecule has 0 bridgehead atoms. The third-order valence-electron chi connectivity index (χ3n) is 2.52. The quantitative estimate of drug-likeness (QED) is 0.576. The number of hydrogen-bond donors (Lipinski definition) is 1. The summed E-state index contributed by atoms with van der Waals surface area (Å²) in [5.74, 6) is -1.27. The number of allylic oxidation sites excluding steroid dienone is 1. The van der Waals surface area contributed by atoms with Gasteiger partial charge in [0.25, 0.3) is 5.91 Å². The van der Waals surface area contributed by atoms with Crippen molar-refractivity contribution in [2.45, 2.75) is 20.8 Å². The van der Waals surface area contributed by atoms with Gasteiger partial charge in [-0.3, -0.25) is 9.59 Å². The van der Waals surface area contributed by atoms with Gasteiger partial charge in [-0.2, -0.15) is 0 Å². The van der Waals surface area contributed by atoms with Gasteiger partial charge in [-0.25, -0.2) is 0 Å². The molecule has 0 aromatic carbocycles. The van der Waals surface area contributed by atoms with Gasteiger partial charge in [-0.1, -0.05) is 20.8 Å². The van der Waals surface area contributed by atoms with Gasteiger partial charge in [0.15, 0.2) is 11.5 Å². The molecule has 5 heteroatoms. The SMILES string of the molecule is CC(C)(C)C(=O)/C=C(/O)C(=O)N1CCOCC1. The maximum atomic E-state index is 11.8. The zero-order chi connectivity index (χ0) is 13.1. The smallest absolute Gasteiger partial charge is 0.288 e. The number of hydrogen-bond acceptors (Lipinski definition) is 4. The molecule has 1 saturated heterocycles. The van der Waals surface area contributed by atoms with Gasteiger partial charge in [0.2, 0.25) is 0 Å². The number of carbonyl (C=O) groups is 2. The van der Waals surface area contributed by atoms with Crippen molar-refractivity contribution in [1.82, 2.24) is 4.90 Å². The molecule has 1 aliphatic heterocycles. The van der Waals surface area contributed by atoms with E-state index in [9.17, 15) is 14.7 Å². The first-order chi connectivity index (χ1) is 7.82. The lowest BCUT2D eigenvalue weighted by molar-refractivity contribution is -0.134. The fourth-order valence-electron chi connectivity index (χ4n) is 1.33. The van der Waals surface area contributed by atoms with Crippen molar-refractivity contribution in [1.29, 1.82) is 0 Å². The Morgan fingerprint density at radius 3 is 2.24 bits per heavy atom. The Morgan fingerprint density at radius 1 is 1.24 bits per heavy atom. The summed E-state index contributed by atoms with van der Waals surface area (Å²) < 4.78 is 5.10. The highest BCUT2D eigenvalue weighted by Crippen LogP contribution is 2.16. The predicted octanol–water partition coefficient (Wildman–Crippen LogP) is 0.902. The lowest BCUT2D eigenvalue weighted by Crippen LogP contribution is -2.41. The molecule has 17 heavy (non-hydrogen) atoms. The molecule has 1 N–H and O–H groups in total. The third-order valence-corrected chi connectivity index (χ3v) is 2.52.